The number of nitrogens with zero attached hydrogens (tertiary/aromatic N) is 3. The van der Waals surface area contributed by atoms with Crippen molar-refractivity contribution in [2.75, 3.05) is 6.54 Å². The molecule has 1 fully saturated rings. The molecule has 8 nitrogen and oxygen atoms in total. The number of fused-ring (bicyclic) bond motifs is 1. The second-order valence-corrected chi connectivity index (χ2v) is 8.71. The molecule has 0 unspecified atom stereocenters. The molecule has 4 aromatic rings. The number of amides is 1. The molecule has 5 rings (SSSR count). The van der Waals surface area contributed by atoms with Gasteiger partial charge >= 0.3 is 12.5 Å². The van der Waals surface area contributed by atoms with E-state index in [0.29, 0.717) is 23.7 Å². The zero-order valence-corrected chi connectivity index (χ0v) is 18.7. The van der Waals surface area contributed by atoms with Crippen LogP contribution in [0.5, 0.6) is 11.5 Å². The van der Waals surface area contributed by atoms with Crippen LogP contribution in [0.15, 0.2) is 59.4 Å². The molecule has 1 saturated heterocycles. The van der Waals surface area contributed by atoms with Crippen LogP contribution in [0.1, 0.15) is 23.9 Å². The van der Waals surface area contributed by atoms with Crippen LogP contribution in [0.2, 0.25) is 0 Å². The largest absolute Gasteiger partial charge is 0.573 e. The summed E-state index contributed by atoms with van der Waals surface area (Å²) in [6.45, 7) is 0.462. The van der Waals surface area contributed by atoms with Gasteiger partial charge in [0.15, 0.2) is 10.3 Å². The molecule has 0 bridgehead atoms. The molecule has 2 aromatic heterocycles. The highest BCUT2D eigenvalue weighted by Crippen LogP contribution is 2.37. The average molecular weight is 502 g/mol. The number of rotatable bonds is 4. The Kier molecular flexibility index (Phi) is 5.89. The van der Waals surface area contributed by atoms with E-state index in [-0.39, 0.29) is 21.7 Å². The Balaban J connectivity index is 1.46. The first kappa shape index (κ1) is 22.8. The summed E-state index contributed by atoms with van der Waals surface area (Å²) in [6.07, 6.45) is -4.09. The lowest BCUT2D eigenvalue weighted by molar-refractivity contribution is -0.274. The number of thiazole rings is 1. The van der Waals surface area contributed by atoms with Gasteiger partial charge in [-0.15, -0.1) is 13.2 Å². The lowest BCUT2D eigenvalue weighted by atomic mass is 10.2. The third-order valence-corrected chi connectivity index (χ3v) is 6.43. The first-order valence-electron chi connectivity index (χ1n) is 10.6. The summed E-state index contributed by atoms with van der Waals surface area (Å²) in [7, 11) is 0. The predicted molar refractivity (Wildman–Crippen MR) is 121 cm³/mol. The van der Waals surface area contributed by atoms with Crippen molar-refractivity contribution < 1.29 is 27.4 Å². The smallest absolute Gasteiger partial charge is 0.410 e. The number of H-pyrrole nitrogens is 1. The van der Waals surface area contributed by atoms with Gasteiger partial charge in [-0.3, -0.25) is 9.69 Å². The maximum Gasteiger partial charge on any atom is 0.573 e. The van der Waals surface area contributed by atoms with E-state index in [1.165, 1.54) is 18.2 Å². The molecule has 1 N–H and O–H groups in total. The van der Waals surface area contributed by atoms with Crippen molar-refractivity contribution >= 4 is 27.8 Å². The Morgan fingerprint density at radius 3 is 2.60 bits per heavy atom. The highest BCUT2D eigenvalue weighted by molar-refractivity contribution is 7.18. The molecule has 0 spiro atoms. The van der Waals surface area contributed by atoms with E-state index < -0.39 is 29.8 Å². The van der Waals surface area contributed by atoms with Gasteiger partial charge in [0.05, 0.1) is 11.6 Å². The van der Waals surface area contributed by atoms with Crippen molar-refractivity contribution in [2.24, 2.45) is 0 Å². The first-order chi connectivity index (χ1) is 16.8. The predicted octanol–water partition coefficient (Wildman–Crippen LogP) is 5.28. The van der Waals surface area contributed by atoms with Crippen LogP contribution in [-0.2, 0) is 0 Å². The summed E-state index contributed by atoms with van der Waals surface area (Å²) in [6, 6.07) is 13.7. The van der Waals surface area contributed by atoms with Crippen LogP contribution in [-0.4, -0.2) is 38.9 Å². The minimum absolute atomic E-state index is 0.0206. The van der Waals surface area contributed by atoms with Gasteiger partial charge in [-0.05, 0) is 37.1 Å². The number of halogens is 3. The van der Waals surface area contributed by atoms with Crippen LogP contribution in [0, 0.1) is 0 Å². The molecule has 0 radical (unpaired) electrons. The summed E-state index contributed by atoms with van der Waals surface area (Å²) in [4.78, 5) is 38.5. The van der Waals surface area contributed by atoms with Crippen molar-refractivity contribution in [3.8, 4) is 22.9 Å². The number of aromatic nitrogens is 3. The van der Waals surface area contributed by atoms with Gasteiger partial charge in [0, 0.05) is 6.54 Å². The average Bonchev–Trinajstić information content (AvgIpc) is 3.46. The number of aromatic amines is 1. The molecular formula is C23H17F3N4O4S. The Labute approximate surface area is 200 Å². The summed E-state index contributed by atoms with van der Waals surface area (Å²) in [5, 5.41) is 0.498. The highest BCUT2D eigenvalue weighted by Gasteiger charge is 2.35. The van der Waals surface area contributed by atoms with Crippen molar-refractivity contribution in [1.82, 2.24) is 19.9 Å². The van der Waals surface area contributed by atoms with Crippen LogP contribution < -0.4 is 15.0 Å². The standard InChI is InChI=1S/C23H17F3N4O4S/c24-23(25,26)34-16-11-5-4-9-14(16)18-28-19(31)17-21(29-18)35-20(27-17)15-10-6-12-30(15)22(32)33-13-7-2-1-3-8-13/h1-5,7-9,11,15H,6,10,12H2,(H,28,29,31)/t15-/m1/s1. The van der Waals surface area contributed by atoms with Gasteiger partial charge in [-0.2, -0.15) is 0 Å². The van der Waals surface area contributed by atoms with Crippen molar-refractivity contribution in [2.45, 2.75) is 25.2 Å². The van der Waals surface area contributed by atoms with Crippen LogP contribution in [0.25, 0.3) is 21.7 Å². The molecule has 1 aliphatic rings. The maximum atomic E-state index is 12.8. The minimum atomic E-state index is -4.90. The molecule has 12 heteroatoms. The zero-order valence-electron chi connectivity index (χ0n) is 17.9. The van der Waals surface area contributed by atoms with Crippen molar-refractivity contribution in [3.05, 3.63) is 70.0 Å². The number of ether oxygens (including phenoxy) is 2. The summed E-state index contributed by atoms with van der Waals surface area (Å²) >= 11 is 1.11. The third-order valence-electron chi connectivity index (χ3n) is 5.37. The van der Waals surface area contributed by atoms with Gasteiger partial charge < -0.3 is 14.5 Å². The van der Waals surface area contributed by atoms with Gasteiger partial charge in [0.2, 0.25) is 0 Å². The Morgan fingerprint density at radius 1 is 1.09 bits per heavy atom. The van der Waals surface area contributed by atoms with Gasteiger partial charge in [0.25, 0.3) is 5.56 Å². The number of para-hydroxylation sites is 2. The fourth-order valence-corrected chi connectivity index (χ4v) is 4.97. The highest BCUT2D eigenvalue weighted by atomic mass is 32.1. The van der Waals surface area contributed by atoms with E-state index in [2.05, 4.69) is 19.7 Å². The lowest BCUT2D eigenvalue weighted by Gasteiger charge is -2.22. The van der Waals surface area contributed by atoms with Gasteiger partial charge in [-0.1, -0.05) is 41.7 Å². The third kappa shape index (κ3) is 4.83. The number of hydrogen-bond donors (Lipinski definition) is 1. The second kappa shape index (κ2) is 9.02. The second-order valence-electron chi connectivity index (χ2n) is 7.70. The molecule has 1 amide bonds. The van der Waals surface area contributed by atoms with Crippen molar-refractivity contribution in [3.63, 3.8) is 0 Å². The van der Waals surface area contributed by atoms with Crippen molar-refractivity contribution in [1.29, 1.82) is 0 Å². The number of carbonyl (C=O) groups excluding carboxylic acids is 1. The van der Waals surface area contributed by atoms with E-state index >= 15 is 0 Å². The quantitative estimate of drug-likeness (QED) is 0.408. The van der Waals surface area contributed by atoms with Gasteiger partial charge in [-0.25, -0.2) is 14.8 Å². The zero-order chi connectivity index (χ0) is 24.6. The Morgan fingerprint density at radius 2 is 1.83 bits per heavy atom. The molecule has 1 aliphatic heterocycles. The first-order valence-corrected chi connectivity index (χ1v) is 11.4. The SMILES string of the molecule is O=C(Oc1ccccc1)N1CCC[C@@H]1c1nc2c(=O)[nH]c(-c3ccccc3OC(F)(F)F)nc2s1. The van der Waals surface area contributed by atoms with Crippen LogP contribution in [0.3, 0.4) is 0 Å². The lowest BCUT2D eigenvalue weighted by Crippen LogP contribution is -2.33. The van der Waals surface area contributed by atoms with Crippen LogP contribution in [0.4, 0.5) is 18.0 Å². The van der Waals surface area contributed by atoms with E-state index in [0.717, 1.165) is 23.8 Å². The fourth-order valence-electron chi connectivity index (χ4n) is 3.88. The monoisotopic (exact) mass is 502 g/mol. The Hall–Kier alpha value is -3.93. The number of likely N-dealkylation sites (tertiary alicyclic amines) is 1. The fraction of sp³-hybridized carbons (Fsp3) is 0.217. The molecule has 0 saturated carbocycles. The van der Waals surface area contributed by atoms with E-state index in [1.807, 2.05) is 6.07 Å². The molecule has 3 heterocycles. The molecule has 2 aromatic carbocycles. The van der Waals surface area contributed by atoms with Crippen LogP contribution >= 0.6 is 11.3 Å². The minimum Gasteiger partial charge on any atom is -0.410 e. The summed E-state index contributed by atoms with van der Waals surface area (Å²) in [5.41, 5.74) is -0.579. The maximum absolute atomic E-state index is 12.8. The van der Waals surface area contributed by atoms with Gasteiger partial charge in [0.1, 0.15) is 22.3 Å². The number of nitrogens with one attached hydrogen (secondary N) is 1. The summed E-state index contributed by atoms with van der Waals surface area (Å²) < 4.78 is 48.0. The normalized spacial score (nSPS) is 16.0. The number of carbonyl (C=O) groups is 1. The molecule has 35 heavy (non-hydrogen) atoms. The number of alkyl halides is 3. The molecule has 1 atom stereocenters. The van der Waals surface area contributed by atoms with E-state index in [9.17, 15) is 22.8 Å². The summed E-state index contributed by atoms with van der Waals surface area (Å²) in [5.74, 6) is -0.155. The molecular weight excluding hydrogens is 485 g/mol. The topological polar surface area (TPSA) is 97.4 Å². The number of benzene rings is 2. The molecule has 180 valence electrons. The van der Waals surface area contributed by atoms with E-state index in [1.54, 1.807) is 29.2 Å². The Bertz CT molecular complexity index is 1440. The van der Waals surface area contributed by atoms with E-state index in [4.69, 9.17) is 4.74 Å². The molecule has 0 aliphatic carbocycles. The number of hydrogen-bond acceptors (Lipinski definition) is 7.